The van der Waals surface area contributed by atoms with E-state index in [0.717, 1.165) is 23.9 Å². The summed E-state index contributed by atoms with van der Waals surface area (Å²) < 4.78 is 6.24. The summed E-state index contributed by atoms with van der Waals surface area (Å²) in [4.78, 5) is 37.5. The summed E-state index contributed by atoms with van der Waals surface area (Å²) in [5, 5.41) is 13.8. The minimum atomic E-state index is -0.789. The van der Waals surface area contributed by atoms with Crippen molar-refractivity contribution in [2.24, 2.45) is 0 Å². The number of rotatable bonds is 6. The van der Waals surface area contributed by atoms with Crippen LogP contribution in [0.25, 0.3) is 10.8 Å². The number of Topliss-reactive ketones (excluding diaryl/α,β-unsaturated/α-hetero) is 1. The minimum absolute atomic E-state index is 0.0436. The first-order valence-electron chi connectivity index (χ1n) is 9.51. The molecule has 0 radical (unpaired) electrons. The summed E-state index contributed by atoms with van der Waals surface area (Å²) in [6, 6.07) is 12.1. The molecule has 0 saturated heterocycles. The van der Waals surface area contributed by atoms with E-state index in [-0.39, 0.29) is 24.6 Å². The number of carbonyl (C=O) groups is 2. The average molecular weight is 392 g/mol. The fourth-order valence-electron chi connectivity index (χ4n) is 3.66. The molecule has 148 valence electrons. The lowest BCUT2D eigenvalue weighted by molar-refractivity contribution is 0.0468. The molecule has 1 N–H and O–H groups in total. The van der Waals surface area contributed by atoms with Crippen molar-refractivity contribution in [2.45, 2.75) is 25.8 Å². The van der Waals surface area contributed by atoms with Crippen molar-refractivity contribution in [3.63, 3.8) is 0 Å². The van der Waals surface area contributed by atoms with E-state index in [1.54, 1.807) is 30.3 Å². The first kappa shape index (κ1) is 19.0. The van der Waals surface area contributed by atoms with E-state index < -0.39 is 18.1 Å². The Balaban J connectivity index is 1.57. The lowest BCUT2D eigenvalue weighted by Gasteiger charge is -2.10. The van der Waals surface area contributed by atoms with Crippen LogP contribution in [0.3, 0.4) is 0 Å². The summed E-state index contributed by atoms with van der Waals surface area (Å²) in [7, 11) is 0. The van der Waals surface area contributed by atoms with Gasteiger partial charge in [0.25, 0.3) is 5.56 Å². The van der Waals surface area contributed by atoms with Crippen LogP contribution in [0.15, 0.2) is 47.3 Å². The molecule has 1 aromatic heterocycles. The number of ether oxygens (including phenoxy) is 1. The Morgan fingerprint density at radius 2 is 1.83 bits per heavy atom. The van der Waals surface area contributed by atoms with Crippen LogP contribution >= 0.6 is 0 Å². The van der Waals surface area contributed by atoms with E-state index in [1.165, 1.54) is 11.1 Å². The molecule has 0 unspecified atom stereocenters. The molecule has 1 heterocycles. The maximum Gasteiger partial charge on any atom is 0.359 e. The van der Waals surface area contributed by atoms with Crippen molar-refractivity contribution in [1.82, 2.24) is 9.78 Å². The molecule has 1 aliphatic carbocycles. The van der Waals surface area contributed by atoms with Gasteiger partial charge in [0, 0.05) is 10.9 Å². The lowest BCUT2D eigenvalue weighted by Crippen LogP contribution is -2.28. The molecule has 0 atom stereocenters. The molecule has 3 aromatic rings. The van der Waals surface area contributed by atoms with E-state index in [9.17, 15) is 14.4 Å². The molecule has 4 rings (SSSR count). The van der Waals surface area contributed by atoms with Gasteiger partial charge in [-0.15, -0.1) is 0 Å². The monoisotopic (exact) mass is 392 g/mol. The zero-order valence-electron chi connectivity index (χ0n) is 15.8. The van der Waals surface area contributed by atoms with Crippen molar-refractivity contribution in [3.05, 3.63) is 75.2 Å². The average Bonchev–Trinajstić information content (AvgIpc) is 3.22. The maximum absolute atomic E-state index is 12.6. The third kappa shape index (κ3) is 3.69. The van der Waals surface area contributed by atoms with Crippen molar-refractivity contribution < 1.29 is 19.4 Å². The number of hydrogen-bond acceptors (Lipinski definition) is 6. The van der Waals surface area contributed by atoms with E-state index in [4.69, 9.17) is 9.84 Å². The highest BCUT2D eigenvalue weighted by atomic mass is 16.5. The van der Waals surface area contributed by atoms with Crippen LogP contribution in [0.1, 0.15) is 38.4 Å². The molecule has 2 aromatic carbocycles. The number of nitrogens with zero attached hydrogens (tertiary/aromatic N) is 2. The number of aliphatic hydroxyl groups excluding tert-OH is 1. The second-order valence-corrected chi connectivity index (χ2v) is 6.98. The largest absolute Gasteiger partial charge is 0.452 e. The Morgan fingerprint density at radius 1 is 1.07 bits per heavy atom. The van der Waals surface area contributed by atoms with Crippen LogP contribution < -0.4 is 5.56 Å². The second-order valence-electron chi connectivity index (χ2n) is 6.98. The molecule has 0 aliphatic heterocycles. The Labute approximate surface area is 166 Å². The Bertz CT molecular complexity index is 1170. The number of fused-ring (bicyclic) bond motifs is 2. The van der Waals surface area contributed by atoms with Crippen LogP contribution in [0, 0.1) is 0 Å². The standard InChI is InChI=1S/C22H20N2O5/c25-11-10-24-21(27)18-7-2-1-6-17(18)20(23-24)22(28)29-13-19(26)16-9-8-14-4-3-5-15(14)12-16/h1-2,6-9,12,25H,3-5,10-11,13H2. The number of ketones is 1. The van der Waals surface area contributed by atoms with Crippen molar-refractivity contribution in [2.75, 3.05) is 13.2 Å². The molecule has 0 fully saturated rings. The third-order valence-electron chi connectivity index (χ3n) is 5.13. The van der Waals surface area contributed by atoms with Gasteiger partial charge in [-0.3, -0.25) is 9.59 Å². The summed E-state index contributed by atoms with van der Waals surface area (Å²) in [6.45, 7) is -0.749. The number of esters is 1. The van der Waals surface area contributed by atoms with Crippen molar-refractivity contribution >= 4 is 22.5 Å². The second kappa shape index (κ2) is 7.97. The molecule has 29 heavy (non-hydrogen) atoms. The minimum Gasteiger partial charge on any atom is -0.452 e. The van der Waals surface area contributed by atoms with Gasteiger partial charge in [-0.1, -0.05) is 30.3 Å². The van der Waals surface area contributed by atoms with E-state index in [1.807, 2.05) is 12.1 Å². The normalized spacial score (nSPS) is 12.7. The highest BCUT2D eigenvalue weighted by molar-refractivity contribution is 6.04. The fourth-order valence-corrected chi connectivity index (χ4v) is 3.66. The van der Waals surface area contributed by atoms with Crippen molar-refractivity contribution in [1.29, 1.82) is 0 Å². The molecule has 1 aliphatic rings. The van der Waals surface area contributed by atoms with E-state index >= 15 is 0 Å². The van der Waals surface area contributed by atoms with Gasteiger partial charge >= 0.3 is 5.97 Å². The summed E-state index contributed by atoms with van der Waals surface area (Å²) in [5.41, 5.74) is 2.49. The van der Waals surface area contributed by atoms with Gasteiger partial charge in [-0.05, 0) is 42.5 Å². The molecule has 0 bridgehead atoms. The molecule has 0 saturated carbocycles. The third-order valence-corrected chi connectivity index (χ3v) is 5.13. The van der Waals surface area contributed by atoms with Crippen LogP contribution in [0.2, 0.25) is 0 Å². The molecule has 0 spiro atoms. The number of benzene rings is 2. The number of hydrogen-bond donors (Lipinski definition) is 1. The van der Waals surface area contributed by atoms with Crippen molar-refractivity contribution in [3.8, 4) is 0 Å². The zero-order valence-corrected chi connectivity index (χ0v) is 15.8. The van der Waals surface area contributed by atoms with Crippen LogP contribution in [0.4, 0.5) is 0 Å². The predicted molar refractivity (Wildman–Crippen MR) is 106 cm³/mol. The Hall–Kier alpha value is -3.32. The van der Waals surface area contributed by atoms with Crippen LogP contribution in [-0.4, -0.2) is 39.9 Å². The SMILES string of the molecule is O=C(COC(=O)c1nn(CCO)c(=O)c2ccccc12)c1ccc2c(c1)CCC2. The van der Waals surface area contributed by atoms with Gasteiger partial charge < -0.3 is 9.84 Å². The molecular weight excluding hydrogens is 372 g/mol. The Morgan fingerprint density at radius 3 is 2.62 bits per heavy atom. The molecule has 0 amide bonds. The predicted octanol–water partition coefficient (Wildman–Crippen LogP) is 1.92. The van der Waals surface area contributed by atoms with Gasteiger partial charge in [0.15, 0.2) is 18.1 Å². The molecular formula is C22H20N2O5. The van der Waals surface area contributed by atoms with Gasteiger partial charge in [0.1, 0.15) is 0 Å². The van der Waals surface area contributed by atoms with E-state index in [2.05, 4.69) is 5.10 Å². The highest BCUT2D eigenvalue weighted by Gasteiger charge is 2.20. The molecule has 7 nitrogen and oxygen atoms in total. The first-order chi connectivity index (χ1) is 14.1. The number of aromatic nitrogens is 2. The van der Waals surface area contributed by atoms with Gasteiger partial charge in [0.2, 0.25) is 0 Å². The Kier molecular flexibility index (Phi) is 5.22. The summed E-state index contributed by atoms with van der Waals surface area (Å²) >= 11 is 0. The highest BCUT2D eigenvalue weighted by Crippen LogP contribution is 2.23. The van der Waals surface area contributed by atoms with Gasteiger partial charge in [-0.2, -0.15) is 5.10 Å². The van der Waals surface area contributed by atoms with Crippen LogP contribution in [-0.2, 0) is 24.1 Å². The summed E-state index contributed by atoms with van der Waals surface area (Å²) in [6.07, 6.45) is 3.07. The van der Waals surface area contributed by atoms with Gasteiger partial charge in [0.05, 0.1) is 18.5 Å². The lowest BCUT2D eigenvalue weighted by atomic mass is 10.0. The number of aliphatic hydroxyl groups is 1. The number of aryl methyl sites for hydroxylation is 2. The quantitative estimate of drug-likeness (QED) is 0.508. The van der Waals surface area contributed by atoms with Crippen LogP contribution in [0.5, 0.6) is 0 Å². The number of carbonyl (C=O) groups excluding carboxylic acids is 2. The topological polar surface area (TPSA) is 98.5 Å². The first-order valence-corrected chi connectivity index (χ1v) is 9.51. The zero-order chi connectivity index (χ0) is 20.4. The maximum atomic E-state index is 12.6. The van der Waals surface area contributed by atoms with Gasteiger partial charge in [-0.25, -0.2) is 9.48 Å². The fraction of sp³-hybridized carbons (Fsp3) is 0.273. The smallest absolute Gasteiger partial charge is 0.359 e. The van der Waals surface area contributed by atoms with E-state index in [0.29, 0.717) is 16.3 Å². The molecule has 7 heteroatoms. The summed E-state index contributed by atoms with van der Waals surface area (Å²) in [5.74, 6) is -1.08.